The van der Waals surface area contributed by atoms with Crippen LogP contribution in [0.25, 0.3) is 0 Å². The van der Waals surface area contributed by atoms with Gasteiger partial charge in [-0.25, -0.2) is 8.42 Å². The van der Waals surface area contributed by atoms with Gasteiger partial charge in [0, 0.05) is 45.0 Å². The fourth-order valence-electron chi connectivity index (χ4n) is 3.41. The largest absolute Gasteiger partial charge is 0.381 e. The lowest BCUT2D eigenvalue weighted by molar-refractivity contribution is -0.141. The SMILES string of the molecule is CC(=O)c1ccc(S(=O)(=O)N2CCN(C(=O)C3(N)CCOCC3)CC2)cc1.Cl. The number of Topliss-reactive ketones (excluding diaryl/α,β-unsaturated/α-hetero) is 1. The molecule has 0 saturated carbocycles. The summed E-state index contributed by atoms with van der Waals surface area (Å²) in [6, 6.07) is 5.91. The van der Waals surface area contributed by atoms with Gasteiger partial charge < -0.3 is 15.4 Å². The van der Waals surface area contributed by atoms with Crippen molar-refractivity contribution >= 4 is 34.1 Å². The quantitative estimate of drug-likeness (QED) is 0.701. The number of rotatable bonds is 4. The first kappa shape index (κ1) is 22.8. The van der Waals surface area contributed by atoms with E-state index in [9.17, 15) is 18.0 Å². The third kappa shape index (κ3) is 4.55. The molecule has 2 saturated heterocycles. The van der Waals surface area contributed by atoms with Crippen LogP contribution in [-0.4, -0.2) is 74.2 Å². The van der Waals surface area contributed by atoms with E-state index in [1.54, 1.807) is 4.90 Å². The Morgan fingerprint density at radius 2 is 1.57 bits per heavy atom. The number of ether oxygens (including phenoxy) is 1. The molecule has 1 aromatic rings. The molecule has 156 valence electrons. The summed E-state index contributed by atoms with van der Waals surface area (Å²) in [5.74, 6) is -0.247. The number of benzene rings is 1. The average molecular weight is 432 g/mol. The maximum Gasteiger partial charge on any atom is 0.243 e. The standard InChI is InChI=1S/C18H25N3O5S.ClH/c1-14(22)15-2-4-16(5-3-15)27(24,25)21-10-8-20(9-11-21)17(23)18(19)6-12-26-13-7-18;/h2-5H,6-13,19H2,1H3;1H. The fraction of sp³-hybridized carbons (Fsp3) is 0.556. The molecule has 3 rings (SSSR count). The number of halogens is 1. The summed E-state index contributed by atoms with van der Waals surface area (Å²) in [6.07, 6.45) is 0.958. The summed E-state index contributed by atoms with van der Waals surface area (Å²) in [5, 5.41) is 0. The van der Waals surface area contributed by atoms with Crippen molar-refractivity contribution in [2.24, 2.45) is 5.73 Å². The van der Waals surface area contributed by atoms with Gasteiger partial charge in [-0.2, -0.15) is 4.31 Å². The van der Waals surface area contributed by atoms with Gasteiger partial charge in [0.05, 0.1) is 10.4 Å². The van der Waals surface area contributed by atoms with Gasteiger partial charge in [-0.1, -0.05) is 12.1 Å². The molecule has 10 heteroatoms. The first-order chi connectivity index (χ1) is 12.7. The number of nitrogens with zero attached hydrogens (tertiary/aromatic N) is 2. The minimum atomic E-state index is -3.66. The zero-order chi connectivity index (χ0) is 19.7. The van der Waals surface area contributed by atoms with E-state index in [1.807, 2.05) is 0 Å². The maximum atomic E-state index is 12.8. The molecular formula is C18H26ClN3O5S. The van der Waals surface area contributed by atoms with Crippen molar-refractivity contribution in [1.29, 1.82) is 0 Å². The Kier molecular flexibility index (Phi) is 7.22. The highest BCUT2D eigenvalue weighted by Crippen LogP contribution is 2.23. The van der Waals surface area contributed by atoms with Crippen LogP contribution in [0.4, 0.5) is 0 Å². The van der Waals surface area contributed by atoms with Crippen LogP contribution in [0.2, 0.25) is 0 Å². The zero-order valence-electron chi connectivity index (χ0n) is 15.8. The molecular weight excluding hydrogens is 406 g/mol. The molecule has 0 bridgehead atoms. The molecule has 0 aromatic heterocycles. The molecule has 2 aliphatic rings. The van der Waals surface area contributed by atoms with Crippen LogP contribution < -0.4 is 5.73 Å². The number of sulfonamides is 1. The van der Waals surface area contributed by atoms with Crippen LogP contribution in [0.15, 0.2) is 29.2 Å². The molecule has 2 aliphatic heterocycles. The predicted molar refractivity (Wildman–Crippen MR) is 106 cm³/mol. The molecule has 2 heterocycles. The normalized spacial score (nSPS) is 20.3. The Bertz CT molecular complexity index is 814. The highest BCUT2D eigenvalue weighted by atomic mass is 35.5. The number of ketones is 1. The molecule has 0 unspecified atom stereocenters. The van der Waals surface area contributed by atoms with Gasteiger partial charge in [-0.05, 0) is 31.9 Å². The fourth-order valence-corrected chi connectivity index (χ4v) is 4.83. The van der Waals surface area contributed by atoms with Crippen LogP contribution in [0.3, 0.4) is 0 Å². The lowest BCUT2D eigenvalue weighted by Gasteiger charge is -2.40. The van der Waals surface area contributed by atoms with Gasteiger partial charge in [0.1, 0.15) is 0 Å². The van der Waals surface area contributed by atoms with Gasteiger partial charge >= 0.3 is 0 Å². The molecule has 0 atom stereocenters. The van der Waals surface area contributed by atoms with E-state index in [0.29, 0.717) is 44.7 Å². The summed E-state index contributed by atoms with van der Waals surface area (Å²) in [6.45, 7) is 3.42. The average Bonchev–Trinajstić information content (AvgIpc) is 2.68. The van der Waals surface area contributed by atoms with Crippen molar-refractivity contribution in [2.75, 3.05) is 39.4 Å². The molecule has 1 aromatic carbocycles. The topological polar surface area (TPSA) is 110 Å². The Morgan fingerprint density at radius 3 is 2.07 bits per heavy atom. The summed E-state index contributed by atoms with van der Waals surface area (Å²) in [7, 11) is -3.66. The second-order valence-electron chi connectivity index (χ2n) is 7.05. The number of amides is 1. The van der Waals surface area contributed by atoms with E-state index in [0.717, 1.165) is 0 Å². The van der Waals surface area contributed by atoms with E-state index in [4.69, 9.17) is 10.5 Å². The minimum absolute atomic E-state index is 0. The van der Waals surface area contributed by atoms with Crippen LogP contribution >= 0.6 is 12.4 Å². The van der Waals surface area contributed by atoms with Gasteiger partial charge in [0.25, 0.3) is 0 Å². The van der Waals surface area contributed by atoms with Crippen LogP contribution in [0.1, 0.15) is 30.1 Å². The van der Waals surface area contributed by atoms with Crippen molar-refractivity contribution in [3.63, 3.8) is 0 Å². The monoisotopic (exact) mass is 431 g/mol. The number of piperazine rings is 1. The van der Waals surface area contributed by atoms with Crippen LogP contribution in [0, 0.1) is 0 Å². The van der Waals surface area contributed by atoms with Gasteiger partial charge in [0.2, 0.25) is 15.9 Å². The zero-order valence-corrected chi connectivity index (χ0v) is 17.4. The van der Waals surface area contributed by atoms with Crippen LogP contribution in [-0.2, 0) is 19.6 Å². The third-order valence-corrected chi connectivity index (χ3v) is 7.15. The van der Waals surface area contributed by atoms with Gasteiger partial charge in [-0.15, -0.1) is 12.4 Å². The Labute approximate surface area is 171 Å². The highest BCUT2D eigenvalue weighted by Gasteiger charge is 2.40. The molecule has 2 fully saturated rings. The number of carbonyl (C=O) groups is 2. The van der Waals surface area contributed by atoms with E-state index < -0.39 is 15.6 Å². The molecule has 8 nitrogen and oxygen atoms in total. The third-order valence-electron chi connectivity index (χ3n) is 5.24. The maximum absolute atomic E-state index is 12.8. The summed E-state index contributed by atoms with van der Waals surface area (Å²) in [4.78, 5) is 25.9. The van der Waals surface area contributed by atoms with Crippen molar-refractivity contribution in [2.45, 2.75) is 30.2 Å². The number of nitrogens with two attached hydrogens (primary N) is 1. The van der Waals surface area contributed by atoms with Crippen molar-refractivity contribution in [1.82, 2.24) is 9.21 Å². The first-order valence-corrected chi connectivity index (χ1v) is 10.5. The van der Waals surface area contributed by atoms with E-state index in [1.165, 1.54) is 35.5 Å². The van der Waals surface area contributed by atoms with Gasteiger partial charge in [0.15, 0.2) is 5.78 Å². The van der Waals surface area contributed by atoms with Gasteiger partial charge in [-0.3, -0.25) is 9.59 Å². The summed E-state index contributed by atoms with van der Waals surface area (Å²) >= 11 is 0. The lowest BCUT2D eigenvalue weighted by Crippen LogP contribution is -2.61. The molecule has 0 aliphatic carbocycles. The van der Waals surface area contributed by atoms with Crippen molar-refractivity contribution < 1.29 is 22.7 Å². The van der Waals surface area contributed by atoms with Crippen molar-refractivity contribution in [3.8, 4) is 0 Å². The predicted octanol–water partition coefficient (Wildman–Crippen LogP) is 0.652. The molecule has 0 radical (unpaired) electrons. The minimum Gasteiger partial charge on any atom is -0.381 e. The molecule has 28 heavy (non-hydrogen) atoms. The van der Waals surface area contributed by atoms with Crippen LogP contribution in [0.5, 0.6) is 0 Å². The second kappa shape index (κ2) is 8.87. The molecule has 0 spiro atoms. The Balaban J connectivity index is 0.00000280. The second-order valence-corrected chi connectivity index (χ2v) is 8.98. The smallest absolute Gasteiger partial charge is 0.243 e. The number of carbonyl (C=O) groups excluding carboxylic acids is 2. The Morgan fingerprint density at radius 1 is 1.04 bits per heavy atom. The lowest BCUT2D eigenvalue weighted by atomic mass is 9.89. The first-order valence-electron chi connectivity index (χ1n) is 9.01. The highest BCUT2D eigenvalue weighted by molar-refractivity contribution is 7.89. The van der Waals surface area contributed by atoms with E-state index in [2.05, 4.69) is 0 Å². The summed E-state index contributed by atoms with van der Waals surface area (Å²) in [5.41, 5.74) is 5.80. The number of hydrogen-bond donors (Lipinski definition) is 1. The van der Waals surface area contributed by atoms with Crippen molar-refractivity contribution in [3.05, 3.63) is 29.8 Å². The van der Waals surface area contributed by atoms with E-state index >= 15 is 0 Å². The van der Waals surface area contributed by atoms with E-state index in [-0.39, 0.29) is 42.1 Å². The molecule has 1 amide bonds. The molecule has 2 N–H and O–H groups in total. The summed E-state index contributed by atoms with van der Waals surface area (Å²) < 4.78 is 32.3. The Hall–Kier alpha value is -1.52. The number of hydrogen-bond acceptors (Lipinski definition) is 6.